The van der Waals surface area contributed by atoms with Crippen LogP contribution in [0.5, 0.6) is 0 Å². The highest BCUT2D eigenvalue weighted by Gasteiger charge is 2.48. The van der Waals surface area contributed by atoms with Crippen molar-refractivity contribution in [3.05, 3.63) is 0 Å². The van der Waals surface area contributed by atoms with E-state index >= 15 is 0 Å². The summed E-state index contributed by atoms with van der Waals surface area (Å²) in [6.45, 7) is 14.2. The quantitative estimate of drug-likeness (QED) is 0.740. The van der Waals surface area contributed by atoms with Crippen LogP contribution in [0.3, 0.4) is 0 Å². The smallest absolute Gasteiger partial charge is 0.0655 e. The summed E-state index contributed by atoms with van der Waals surface area (Å²) in [7, 11) is 2.18. The first-order valence-corrected chi connectivity index (χ1v) is 6.94. The van der Waals surface area contributed by atoms with Gasteiger partial charge in [0.2, 0.25) is 0 Å². The van der Waals surface area contributed by atoms with Gasteiger partial charge in [-0.05, 0) is 34.2 Å². The molecule has 3 heteroatoms. The SMILES string of the molecule is CCOC1CC(NCCN(C)C(C)C)C1(C)C. The summed E-state index contributed by atoms with van der Waals surface area (Å²) in [6, 6.07) is 1.24. The zero-order valence-electron chi connectivity index (χ0n) is 12.4. The number of nitrogens with zero attached hydrogens (tertiary/aromatic N) is 1. The van der Waals surface area contributed by atoms with Gasteiger partial charge in [0.05, 0.1) is 6.10 Å². The molecule has 17 heavy (non-hydrogen) atoms. The molecule has 0 aromatic rings. The van der Waals surface area contributed by atoms with Crippen LogP contribution in [0.25, 0.3) is 0 Å². The molecule has 0 aromatic heterocycles. The third-order valence-electron chi connectivity index (χ3n) is 4.28. The lowest BCUT2D eigenvalue weighted by Crippen LogP contribution is -2.61. The molecule has 0 aromatic carbocycles. The van der Waals surface area contributed by atoms with E-state index in [1.807, 2.05) is 0 Å². The lowest BCUT2D eigenvalue weighted by molar-refractivity contribution is -0.114. The topological polar surface area (TPSA) is 24.5 Å². The third-order valence-corrected chi connectivity index (χ3v) is 4.28. The largest absolute Gasteiger partial charge is 0.378 e. The minimum atomic E-state index is 0.284. The van der Waals surface area contributed by atoms with E-state index in [1.54, 1.807) is 0 Å². The van der Waals surface area contributed by atoms with Crippen molar-refractivity contribution >= 4 is 0 Å². The molecule has 3 nitrogen and oxygen atoms in total. The maximum absolute atomic E-state index is 5.74. The highest BCUT2D eigenvalue weighted by Crippen LogP contribution is 2.42. The molecule has 1 fully saturated rings. The Morgan fingerprint density at radius 2 is 2.06 bits per heavy atom. The van der Waals surface area contributed by atoms with Gasteiger partial charge in [-0.1, -0.05) is 13.8 Å². The van der Waals surface area contributed by atoms with Gasteiger partial charge >= 0.3 is 0 Å². The minimum absolute atomic E-state index is 0.284. The summed E-state index contributed by atoms with van der Waals surface area (Å²) < 4.78 is 5.74. The van der Waals surface area contributed by atoms with Crippen LogP contribution in [0.4, 0.5) is 0 Å². The number of rotatable bonds is 7. The standard InChI is InChI=1S/C14H30N2O/c1-7-17-13-10-12(14(13,4)5)15-8-9-16(6)11(2)3/h11-13,15H,7-10H2,1-6H3. The molecule has 0 heterocycles. The van der Waals surface area contributed by atoms with Crippen LogP contribution in [0, 0.1) is 5.41 Å². The van der Waals surface area contributed by atoms with E-state index < -0.39 is 0 Å². The molecule has 1 aliphatic carbocycles. The molecule has 2 atom stereocenters. The molecule has 1 rings (SSSR count). The first-order valence-electron chi connectivity index (χ1n) is 6.94. The van der Waals surface area contributed by atoms with Crippen LogP contribution in [-0.2, 0) is 4.74 Å². The normalized spacial score (nSPS) is 27.5. The van der Waals surface area contributed by atoms with Crippen LogP contribution in [-0.4, -0.2) is 49.8 Å². The molecule has 0 bridgehead atoms. The molecule has 2 unspecified atom stereocenters. The zero-order valence-corrected chi connectivity index (χ0v) is 12.4. The molecular formula is C14H30N2O. The number of hydrogen-bond acceptors (Lipinski definition) is 3. The van der Waals surface area contributed by atoms with E-state index in [9.17, 15) is 0 Å². The van der Waals surface area contributed by atoms with E-state index in [-0.39, 0.29) is 5.41 Å². The van der Waals surface area contributed by atoms with Crippen LogP contribution in [0.15, 0.2) is 0 Å². The van der Waals surface area contributed by atoms with Gasteiger partial charge in [0, 0.05) is 37.2 Å². The second-order valence-corrected chi connectivity index (χ2v) is 6.08. The fraction of sp³-hybridized carbons (Fsp3) is 1.00. The van der Waals surface area contributed by atoms with Crippen molar-refractivity contribution in [2.24, 2.45) is 5.41 Å². The van der Waals surface area contributed by atoms with Crippen molar-refractivity contribution < 1.29 is 4.74 Å². The molecule has 1 aliphatic rings. The van der Waals surface area contributed by atoms with Crippen LogP contribution in [0.2, 0.25) is 0 Å². The molecule has 0 aliphatic heterocycles. The number of hydrogen-bond donors (Lipinski definition) is 1. The van der Waals surface area contributed by atoms with E-state index in [2.05, 4.69) is 51.9 Å². The molecule has 0 saturated heterocycles. The van der Waals surface area contributed by atoms with E-state index in [4.69, 9.17) is 4.74 Å². The minimum Gasteiger partial charge on any atom is -0.378 e. The lowest BCUT2D eigenvalue weighted by atomic mass is 9.64. The van der Waals surface area contributed by atoms with Crippen LogP contribution in [0.1, 0.15) is 41.0 Å². The van der Waals surface area contributed by atoms with E-state index in [1.165, 1.54) is 0 Å². The van der Waals surface area contributed by atoms with Crippen LogP contribution < -0.4 is 5.32 Å². The fourth-order valence-electron chi connectivity index (χ4n) is 2.39. The van der Waals surface area contributed by atoms with Crippen molar-refractivity contribution in [3.63, 3.8) is 0 Å². The van der Waals surface area contributed by atoms with Gasteiger partial charge in [-0.25, -0.2) is 0 Å². The van der Waals surface area contributed by atoms with Crippen LogP contribution >= 0.6 is 0 Å². The average Bonchev–Trinajstić information content (AvgIpc) is 2.26. The predicted molar refractivity (Wildman–Crippen MR) is 73.4 cm³/mol. The predicted octanol–water partition coefficient (Wildman–Crippen LogP) is 2.12. The maximum Gasteiger partial charge on any atom is 0.0655 e. The molecule has 1 saturated carbocycles. The molecule has 102 valence electrons. The van der Waals surface area contributed by atoms with Gasteiger partial charge in [-0.2, -0.15) is 0 Å². The Bertz CT molecular complexity index is 228. The first kappa shape index (κ1) is 14.9. The Hall–Kier alpha value is -0.120. The zero-order chi connectivity index (χ0) is 13.1. The summed E-state index contributed by atoms with van der Waals surface area (Å²) >= 11 is 0. The van der Waals surface area contributed by atoms with Crippen molar-refractivity contribution in [3.8, 4) is 0 Å². The monoisotopic (exact) mass is 242 g/mol. The summed E-state index contributed by atoms with van der Waals surface area (Å²) in [5.74, 6) is 0. The third kappa shape index (κ3) is 3.67. The Balaban J connectivity index is 2.22. The second-order valence-electron chi connectivity index (χ2n) is 6.08. The Morgan fingerprint density at radius 3 is 2.53 bits per heavy atom. The summed E-state index contributed by atoms with van der Waals surface area (Å²) in [6.07, 6.45) is 1.60. The number of likely N-dealkylation sites (N-methyl/N-ethyl adjacent to an activating group) is 1. The molecule has 0 radical (unpaired) electrons. The van der Waals surface area contributed by atoms with Gasteiger partial charge in [0.25, 0.3) is 0 Å². The highest BCUT2D eigenvalue weighted by molar-refractivity contribution is 5.02. The van der Waals surface area contributed by atoms with Crippen molar-refractivity contribution in [1.29, 1.82) is 0 Å². The maximum atomic E-state index is 5.74. The number of ether oxygens (including phenoxy) is 1. The highest BCUT2D eigenvalue weighted by atomic mass is 16.5. The Labute approximate surface area is 107 Å². The fourth-order valence-corrected chi connectivity index (χ4v) is 2.39. The van der Waals surface area contributed by atoms with Gasteiger partial charge in [0.15, 0.2) is 0 Å². The molecular weight excluding hydrogens is 212 g/mol. The van der Waals surface area contributed by atoms with Gasteiger partial charge in [0.1, 0.15) is 0 Å². The van der Waals surface area contributed by atoms with Gasteiger partial charge < -0.3 is 15.0 Å². The molecule has 1 N–H and O–H groups in total. The number of nitrogens with one attached hydrogen (secondary N) is 1. The first-order chi connectivity index (χ1) is 7.89. The molecule has 0 amide bonds. The van der Waals surface area contributed by atoms with Crippen molar-refractivity contribution in [2.45, 2.75) is 59.2 Å². The summed E-state index contributed by atoms with van der Waals surface area (Å²) in [4.78, 5) is 2.37. The van der Waals surface area contributed by atoms with Crippen molar-refractivity contribution in [2.75, 3.05) is 26.7 Å². The summed E-state index contributed by atoms with van der Waals surface area (Å²) in [5.41, 5.74) is 0.284. The van der Waals surface area contributed by atoms with E-state index in [0.717, 1.165) is 26.1 Å². The average molecular weight is 242 g/mol. The van der Waals surface area contributed by atoms with Crippen molar-refractivity contribution in [1.82, 2.24) is 10.2 Å². The van der Waals surface area contributed by atoms with Gasteiger partial charge in [-0.3, -0.25) is 0 Å². The van der Waals surface area contributed by atoms with Gasteiger partial charge in [-0.15, -0.1) is 0 Å². The van der Waals surface area contributed by atoms with E-state index in [0.29, 0.717) is 18.2 Å². The Kier molecular flexibility index (Phi) is 5.42. The Morgan fingerprint density at radius 1 is 1.41 bits per heavy atom. The molecule has 0 spiro atoms. The lowest BCUT2D eigenvalue weighted by Gasteiger charge is -2.52. The summed E-state index contributed by atoms with van der Waals surface area (Å²) in [5, 5.41) is 3.66. The second kappa shape index (κ2) is 6.17.